The van der Waals surface area contributed by atoms with E-state index in [0.717, 1.165) is 17.9 Å². The summed E-state index contributed by atoms with van der Waals surface area (Å²) in [5, 5.41) is 3.88. The standard InChI is InChI=1S/C18H27N/c1-2-12-19-18(14-8-4-3-5-9-14)17-13-15-10-6-7-11-16(15)17/h6-7,10-11,14,17-19H,2-5,8-9,12-13H2,1H3. The van der Waals surface area contributed by atoms with Gasteiger partial charge in [0.05, 0.1) is 0 Å². The van der Waals surface area contributed by atoms with Crippen LogP contribution in [0.1, 0.15) is 62.5 Å². The molecular weight excluding hydrogens is 230 g/mol. The largest absolute Gasteiger partial charge is 0.313 e. The topological polar surface area (TPSA) is 12.0 Å². The molecule has 2 atom stereocenters. The van der Waals surface area contributed by atoms with Gasteiger partial charge in [0.25, 0.3) is 0 Å². The summed E-state index contributed by atoms with van der Waals surface area (Å²) in [7, 11) is 0. The first kappa shape index (κ1) is 13.2. The highest BCUT2D eigenvalue weighted by Crippen LogP contribution is 2.42. The van der Waals surface area contributed by atoms with Crippen molar-refractivity contribution in [1.82, 2.24) is 5.32 Å². The van der Waals surface area contributed by atoms with E-state index < -0.39 is 0 Å². The number of hydrogen-bond acceptors (Lipinski definition) is 1. The van der Waals surface area contributed by atoms with E-state index in [1.165, 1.54) is 51.5 Å². The van der Waals surface area contributed by atoms with Crippen molar-refractivity contribution in [2.45, 2.75) is 63.8 Å². The van der Waals surface area contributed by atoms with Gasteiger partial charge in [-0.05, 0) is 49.3 Å². The van der Waals surface area contributed by atoms with E-state index in [4.69, 9.17) is 0 Å². The lowest BCUT2D eigenvalue weighted by Gasteiger charge is -2.42. The predicted molar refractivity (Wildman–Crippen MR) is 81.5 cm³/mol. The van der Waals surface area contributed by atoms with Gasteiger partial charge in [0.1, 0.15) is 0 Å². The molecule has 0 amide bonds. The van der Waals surface area contributed by atoms with Crippen LogP contribution >= 0.6 is 0 Å². The van der Waals surface area contributed by atoms with Gasteiger partial charge in [0.15, 0.2) is 0 Å². The van der Waals surface area contributed by atoms with Gasteiger partial charge in [-0.2, -0.15) is 0 Å². The summed E-state index contributed by atoms with van der Waals surface area (Å²) in [4.78, 5) is 0. The Kier molecular flexibility index (Phi) is 4.22. The molecule has 1 N–H and O–H groups in total. The lowest BCUT2D eigenvalue weighted by atomic mass is 9.67. The molecule has 1 saturated carbocycles. The third-order valence-electron chi connectivity index (χ3n) is 5.12. The zero-order valence-electron chi connectivity index (χ0n) is 12.2. The van der Waals surface area contributed by atoms with Gasteiger partial charge in [0.2, 0.25) is 0 Å². The summed E-state index contributed by atoms with van der Waals surface area (Å²) in [5.74, 6) is 1.70. The Hall–Kier alpha value is -0.820. The van der Waals surface area contributed by atoms with E-state index in [-0.39, 0.29) is 0 Å². The molecule has 1 aromatic carbocycles. The van der Waals surface area contributed by atoms with E-state index in [1.54, 1.807) is 11.1 Å². The maximum Gasteiger partial charge on any atom is 0.0167 e. The Morgan fingerprint density at radius 1 is 1.16 bits per heavy atom. The minimum atomic E-state index is 0.732. The lowest BCUT2D eigenvalue weighted by molar-refractivity contribution is 0.228. The van der Waals surface area contributed by atoms with Crippen molar-refractivity contribution >= 4 is 0 Å². The first-order valence-electron chi connectivity index (χ1n) is 8.21. The lowest BCUT2D eigenvalue weighted by Crippen LogP contribution is -2.46. The molecule has 1 heteroatoms. The molecule has 0 aliphatic heterocycles. The molecule has 104 valence electrons. The average molecular weight is 257 g/mol. The summed E-state index contributed by atoms with van der Waals surface area (Å²) < 4.78 is 0. The van der Waals surface area contributed by atoms with Crippen LogP contribution in [-0.2, 0) is 6.42 Å². The average Bonchev–Trinajstić information content (AvgIpc) is 2.45. The van der Waals surface area contributed by atoms with Crippen molar-refractivity contribution in [3.8, 4) is 0 Å². The van der Waals surface area contributed by atoms with Gasteiger partial charge >= 0.3 is 0 Å². The molecular formula is C18H27N. The van der Waals surface area contributed by atoms with E-state index >= 15 is 0 Å². The molecule has 2 aliphatic carbocycles. The van der Waals surface area contributed by atoms with Gasteiger partial charge in [-0.15, -0.1) is 0 Å². The summed E-state index contributed by atoms with van der Waals surface area (Å²) >= 11 is 0. The van der Waals surface area contributed by atoms with Crippen molar-refractivity contribution in [1.29, 1.82) is 0 Å². The Balaban J connectivity index is 1.72. The molecule has 1 nitrogen and oxygen atoms in total. The summed E-state index contributed by atoms with van der Waals surface area (Å²) in [5.41, 5.74) is 3.22. The molecule has 0 spiro atoms. The monoisotopic (exact) mass is 257 g/mol. The van der Waals surface area contributed by atoms with Gasteiger partial charge < -0.3 is 5.32 Å². The summed E-state index contributed by atoms with van der Waals surface area (Å²) in [6, 6.07) is 9.79. The highest BCUT2D eigenvalue weighted by atomic mass is 14.9. The maximum absolute atomic E-state index is 3.88. The SMILES string of the molecule is CCCNC(C1CCCCC1)C1Cc2ccccc21. The molecule has 0 heterocycles. The van der Waals surface area contributed by atoms with Crippen LogP contribution in [0.3, 0.4) is 0 Å². The quantitative estimate of drug-likeness (QED) is 0.830. The van der Waals surface area contributed by atoms with Crippen molar-refractivity contribution in [3.63, 3.8) is 0 Å². The fourth-order valence-corrected chi connectivity index (χ4v) is 4.06. The zero-order chi connectivity index (χ0) is 13.1. The van der Waals surface area contributed by atoms with Crippen molar-refractivity contribution < 1.29 is 0 Å². The Labute approximate surface area is 117 Å². The third-order valence-corrected chi connectivity index (χ3v) is 5.12. The highest BCUT2D eigenvalue weighted by Gasteiger charge is 2.36. The molecule has 2 unspecified atom stereocenters. The van der Waals surface area contributed by atoms with Crippen molar-refractivity contribution in [2.24, 2.45) is 5.92 Å². The van der Waals surface area contributed by atoms with E-state index in [1.807, 2.05) is 0 Å². The normalized spacial score (nSPS) is 24.6. The van der Waals surface area contributed by atoms with Crippen LogP contribution in [0.25, 0.3) is 0 Å². The Bertz CT molecular complexity index is 406. The molecule has 1 aromatic rings. The zero-order valence-corrected chi connectivity index (χ0v) is 12.2. The second kappa shape index (κ2) is 6.09. The molecule has 3 rings (SSSR count). The van der Waals surface area contributed by atoms with E-state index in [2.05, 4.69) is 36.5 Å². The minimum absolute atomic E-state index is 0.732. The van der Waals surface area contributed by atoms with E-state index in [9.17, 15) is 0 Å². The van der Waals surface area contributed by atoms with Crippen LogP contribution in [0.4, 0.5) is 0 Å². The molecule has 0 saturated heterocycles. The molecule has 0 aromatic heterocycles. The van der Waals surface area contributed by atoms with Crippen LogP contribution in [0.15, 0.2) is 24.3 Å². The maximum atomic E-state index is 3.88. The van der Waals surface area contributed by atoms with Crippen LogP contribution < -0.4 is 5.32 Å². The molecule has 2 aliphatic rings. The second-order valence-electron chi connectivity index (χ2n) is 6.39. The summed E-state index contributed by atoms with van der Waals surface area (Å²) in [6.45, 7) is 3.46. The summed E-state index contributed by atoms with van der Waals surface area (Å²) in [6.07, 6.45) is 9.79. The van der Waals surface area contributed by atoms with Crippen LogP contribution in [0, 0.1) is 5.92 Å². The number of hydrogen-bond donors (Lipinski definition) is 1. The third kappa shape index (κ3) is 2.72. The van der Waals surface area contributed by atoms with Crippen LogP contribution in [0.5, 0.6) is 0 Å². The van der Waals surface area contributed by atoms with Crippen molar-refractivity contribution in [2.75, 3.05) is 6.54 Å². The molecule has 0 radical (unpaired) electrons. The van der Waals surface area contributed by atoms with Gasteiger partial charge in [-0.25, -0.2) is 0 Å². The van der Waals surface area contributed by atoms with Gasteiger partial charge in [-0.3, -0.25) is 0 Å². The van der Waals surface area contributed by atoms with E-state index in [0.29, 0.717) is 0 Å². The van der Waals surface area contributed by atoms with Crippen molar-refractivity contribution in [3.05, 3.63) is 35.4 Å². The molecule has 0 bridgehead atoms. The fourth-order valence-electron chi connectivity index (χ4n) is 4.06. The van der Waals surface area contributed by atoms with Crippen LogP contribution in [0.2, 0.25) is 0 Å². The molecule has 1 fully saturated rings. The number of fused-ring (bicyclic) bond motifs is 1. The second-order valence-corrected chi connectivity index (χ2v) is 6.39. The number of rotatable bonds is 5. The predicted octanol–water partition coefficient (Wildman–Crippen LogP) is 4.27. The highest BCUT2D eigenvalue weighted by molar-refractivity contribution is 5.41. The smallest absolute Gasteiger partial charge is 0.0167 e. The first-order valence-corrected chi connectivity index (χ1v) is 8.21. The minimum Gasteiger partial charge on any atom is -0.313 e. The van der Waals surface area contributed by atoms with Crippen LogP contribution in [-0.4, -0.2) is 12.6 Å². The fraction of sp³-hybridized carbons (Fsp3) is 0.667. The number of nitrogens with one attached hydrogen (secondary N) is 1. The van der Waals surface area contributed by atoms with Gasteiger partial charge in [0, 0.05) is 12.0 Å². The molecule has 19 heavy (non-hydrogen) atoms. The van der Waals surface area contributed by atoms with Gasteiger partial charge in [-0.1, -0.05) is 50.5 Å². The first-order chi connectivity index (χ1) is 9.40. The Morgan fingerprint density at radius 2 is 1.95 bits per heavy atom. The Morgan fingerprint density at radius 3 is 2.68 bits per heavy atom. The number of benzene rings is 1.